The predicted octanol–water partition coefficient (Wildman–Crippen LogP) is 1.40. The molecule has 3 aliphatic rings. The van der Waals surface area contributed by atoms with Gasteiger partial charge in [0.2, 0.25) is 5.91 Å². The average Bonchev–Trinajstić information content (AvgIpc) is 3.58. The van der Waals surface area contributed by atoms with Gasteiger partial charge in [0.1, 0.15) is 17.8 Å². The van der Waals surface area contributed by atoms with Crippen LogP contribution in [-0.4, -0.2) is 82.5 Å². The number of likely N-dealkylation sites (tertiary alicyclic amines) is 2. The van der Waals surface area contributed by atoms with Crippen LogP contribution in [0.3, 0.4) is 0 Å². The number of rotatable bonds is 5. The molecule has 2 N–H and O–H groups in total. The van der Waals surface area contributed by atoms with E-state index in [9.17, 15) is 19.2 Å². The summed E-state index contributed by atoms with van der Waals surface area (Å²) in [5, 5.41) is 6.02. The molecule has 1 aromatic rings. The van der Waals surface area contributed by atoms with Gasteiger partial charge < -0.3 is 29.7 Å². The standard InChI is InChI=1S/C24H35N5O5/c1-27-12-6-10-18(27)21(30)29-15-17(26-24(33)25-16-8-4-3-5-9-16)14-20(29)22(31)28-13-7-11-19(28)23(32)34-2/h6,10,12,16-17,19-20H,3-5,7-9,11,13-15H2,1-2H3,(H2,25,26,33)/t17-,19+,20-/m0/s1. The SMILES string of the molecule is COC(=O)[C@H]1CCCN1C(=O)[C@@H]1C[C@H](NC(=O)NC2CCCCC2)CN1C(=O)c1cccn1C. The van der Waals surface area contributed by atoms with Gasteiger partial charge in [-0.3, -0.25) is 9.59 Å². The monoisotopic (exact) mass is 473 g/mol. The minimum atomic E-state index is -0.757. The van der Waals surface area contributed by atoms with Crippen LogP contribution >= 0.6 is 0 Å². The zero-order valence-electron chi connectivity index (χ0n) is 20.0. The molecule has 0 spiro atoms. The number of urea groups is 1. The first-order chi connectivity index (χ1) is 16.4. The third kappa shape index (κ3) is 5.05. The van der Waals surface area contributed by atoms with Crippen molar-refractivity contribution in [2.75, 3.05) is 20.2 Å². The Morgan fingerprint density at radius 3 is 2.35 bits per heavy atom. The molecule has 4 amide bonds. The van der Waals surface area contributed by atoms with Crippen LogP contribution in [0.1, 0.15) is 61.9 Å². The Kier molecular flexibility index (Phi) is 7.43. The minimum Gasteiger partial charge on any atom is -0.467 e. The van der Waals surface area contributed by atoms with E-state index in [2.05, 4.69) is 10.6 Å². The van der Waals surface area contributed by atoms with Crippen LogP contribution in [0.2, 0.25) is 0 Å². The normalized spacial score (nSPS) is 25.3. The number of nitrogens with zero attached hydrogens (tertiary/aromatic N) is 3. The smallest absolute Gasteiger partial charge is 0.328 e. The summed E-state index contributed by atoms with van der Waals surface area (Å²) >= 11 is 0. The zero-order valence-corrected chi connectivity index (χ0v) is 20.0. The molecule has 3 atom stereocenters. The second-order valence-corrected chi connectivity index (χ2v) is 9.58. The number of esters is 1. The first-order valence-electron chi connectivity index (χ1n) is 12.3. The van der Waals surface area contributed by atoms with Crippen molar-refractivity contribution in [1.82, 2.24) is 25.0 Å². The second-order valence-electron chi connectivity index (χ2n) is 9.58. The topological polar surface area (TPSA) is 113 Å². The van der Waals surface area contributed by atoms with Gasteiger partial charge in [0.25, 0.3) is 5.91 Å². The van der Waals surface area contributed by atoms with E-state index in [0.717, 1.165) is 25.7 Å². The van der Waals surface area contributed by atoms with Gasteiger partial charge in [-0.05, 0) is 44.2 Å². The molecular weight excluding hydrogens is 438 g/mol. The van der Waals surface area contributed by atoms with Gasteiger partial charge in [0.15, 0.2) is 0 Å². The highest BCUT2D eigenvalue weighted by molar-refractivity contribution is 5.98. The fourth-order valence-electron chi connectivity index (χ4n) is 5.49. The molecule has 0 radical (unpaired) electrons. The molecular formula is C24H35N5O5. The lowest BCUT2D eigenvalue weighted by Crippen LogP contribution is -2.51. The summed E-state index contributed by atoms with van der Waals surface area (Å²) in [4.78, 5) is 54.9. The molecule has 2 aliphatic heterocycles. The molecule has 34 heavy (non-hydrogen) atoms. The van der Waals surface area contributed by atoms with Crippen molar-refractivity contribution in [2.24, 2.45) is 7.05 Å². The van der Waals surface area contributed by atoms with Gasteiger partial charge in [0, 0.05) is 32.4 Å². The fourth-order valence-corrected chi connectivity index (χ4v) is 5.49. The number of carbonyl (C=O) groups is 4. The third-order valence-electron chi connectivity index (χ3n) is 7.29. The van der Waals surface area contributed by atoms with Crippen molar-refractivity contribution in [2.45, 2.75) is 75.5 Å². The van der Waals surface area contributed by atoms with E-state index in [1.165, 1.54) is 23.3 Å². The summed E-state index contributed by atoms with van der Waals surface area (Å²) in [6.07, 6.45) is 8.70. The molecule has 3 heterocycles. The van der Waals surface area contributed by atoms with Gasteiger partial charge in [0.05, 0.1) is 13.2 Å². The quantitative estimate of drug-likeness (QED) is 0.628. The Morgan fingerprint density at radius 2 is 1.68 bits per heavy atom. The van der Waals surface area contributed by atoms with E-state index in [1.807, 2.05) is 0 Å². The van der Waals surface area contributed by atoms with E-state index in [4.69, 9.17) is 4.74 Å². The number of methoxy groups -OCH3 is 1. The number of nitrogens with one attached hydrogen (secondary N) is 2. The number of ether oxygens (including phenoxy) is 1. The highest BCUT2D eigenvalue weighted by Crippen LogP contribution is 2.27. The Balaban J connectivity index is 1.49. The number of hydrogen-bond donors (Lipinski definition) is 2. The Labute approximate surface area is 200 Å². The Hall–Kier alpha value is -3.04. The van der Waals surface area contributed by atoms with Crippen molar-refractivity contribution >= 4 is 23.8 Å². The number of amides is 4. The first kappa shape index (κ1) is 24.1. The van der Waals surface area contributed by atoms with Crippen LogP contribution in [0.15, 0.2) is 18.3 Å². The van der Waals surface area contributed by atoms with E-state index in [0.29, 0.717) is 31.5 Å². The van der Waals surface area contributed by atoms with Crippen LogP contribution in [0.25, 0.3) is 0 Å². The van der Waals surface area contributed by atoms with Crippen molar-refractivity contribution in [3.63, 3.8) is 0 Å². The van der Waals surface area contributed by atoms with Gasteiger partial charge in [-0.2, -0.15) is 0 Å². The number of carbonyl (C=O) groups excluding carboxylic acids is 4. The van der Waals surface area contributed by atoms with E-state index < -0.39 is 18.1 Å². The maximum atomic E-state index is 13.6. The van der Waals surface area contributed by atoms with Crippen LogP contribution in [0.5, 0.6) is 0 Å². The summed E-state index contributed by atoms with van der Waals surface area (Å²) < 4.78 is 6.61. The van der Waals surface area contributed by atoms with Gasteiger partial charge in [-0.1, -0.05) is 19.3 Å². The Bertz CT molecular complexity index is 925. The highest BCUT2D eigenvalue weighted by atomic mass is 16.5. The molecule has 4 rings (SSSR count). The van der Waals surface area contributed by atoms with Crippen molar-refractivity contribution < 1.29 is 23.9 Å². The van der Waals surface area contributed by atoms with Crippen LogP contribution in [0, 0.1) is 0 Å². The number of aromatic nitrogens is 1. The summed E-state index contributed by atoms with van der Waals surface area (Å²) in [5.74, 6) is -0.977. The minimum absolute atomic E-state index is 0.166. The highest BCUT2D eigenvalue weighted by Gasteiger charge is 2.46. The molecule has 3 fully saturated rings. The summed E-state index contributed by atoms with van der Waals surface area (Å²) in [6, 6.07) is 1.65. The molecule has 0 bridgehead atoms. The van der Waals surface area contributed by atoms with Crippen molar-refractivity contribution in [1.29, 1.82) is 0 Å². The summed E-state index contributed by atoms with van der Waals surface area (Å²) in [6.45, 7) is 0.677. The van der Waals surface area contributed by atoms with Crippen molar-refractivity contribution in [3.05, 3.63) is 24.0 Å². The fraction of sp³-hybridized carbons (Fsp3) is 0.667. The molecule has 10 heteroatoms. The lowest BCUT2D eigenvalue weighted by atomic mass is 9.96. The van der Waals surface area contributed by atoms with E-state index in [-0.39, 0.29) is 36.5 Å². The lowest BCUT2D eigenvalue weighted by Gasteiger charge is -2.30. The van der Waals surface area contributed by atoms with Crippen LogP contribution < -0.4 is 10.6 Å². The Morgan fingerprint density at radius 1 is 0.941 bits per heavy atom. The second kappa shape index (κ2) is 10.5. The number of aryl methyl sites for hydroxylation is 1. The predicted molar refractivity (Wildman–Crippen MR) is 124 cm³/mol. The van der Waals surface area contributed by atoms with Gasteiger partial charge >= 0.3 is 12.0 Å². The summed E-state index contributed by atoms with van der Waals surface area (Å²) in [5.41, 5.74) is 0.469. The van der Waals surface area contributed by atoms with Gasteiger partial charge in [-0.25, -0.2) is 9.59 Å². The molecule has 1 aliphatic carbocycles. The molecule has 1 saturated carbocycles. The third-order valence-corrected chi connectivity index (χ3v) is 7.29. The molecule has 1 aromatic heterocycles. The van der Waals surface area contributed by atoms with E-state index >= 15 is 0 Å². The molecule has 0 aromatic carbocycles. The van der Waals surface area contributed by atoms with Crippen LogP contribution in [0.4, 0.5) is 4.79 Å². The van der Waals surface area contributed by atoms with Gasteiger partial charge in [-0.15, -0.1) is 0 Å². The number of hydrogen-bond acceptors (Lipinski definition) is 5. The first-order valence-corrected chi connectivity index (χ1v) is 12.3. The van der Waals surface area contributed by atoms with E-state index in [1.54, 1.807) is 29.9 Å². The molecule has 2 saturated heterocycles. The average molecular weight is 474 g/mol. The summed E-state index contributed by atoms with van der Waals surface area (Å²) in [7, 11) is 3.09. The molecule has 0 unspecified atom stereocenters. The zero-order chi connectivity index (χ0) is 24.2. The van der Waals surface area contributed by atoms with Crippen LogP contribution in [-0.2, 0) is 21.4 Å². The largest absolute Gasteiger partial charge is 0.467 e. The maximum absolute atomic E-state index is 13.6. The lowest BCUT2D eigenvalue weighted by molar-refractivity contribution is -0.152. The maximum Gasteiger partial charge on any atom is 0.328 e. The van der Waals surface area contributed by atoms with Crippen molar-refractivity contribution in [3.8, 4) is 0 Å². The molecule has 10 nitrogen and oxygen atoms in total. The molecule has 186 valence electrons.